The molecule has 0 heterocycles. The van der Waals surface area contributed by atoms with Crippen molar-refractivity contribution in [1.82, 2.24) is 0 Å². The van der Waals surface area contributed by atoms with Crippen LogP contribution in [0.4, 0.5) is 0 Å². The van der Waals surface area contributed by atoms with E-state index in [-0.39, 0.29) is 0 Å². The molecule has 1 aromatic carbocycles. The van der Waals surface area contributed by atoms with Crippen molar-refractivity contribution < 1.29 is 5.11 Å². The summed E-state index contributed by atoms with van der Waals surface area (Å²) in [5.41, 5.74) is 1.08. The average Bonchev–Trinajstić information content (AvgIpc) is 2.03. The summed E-state index contributed by atoms with van der Waals surface area (Å²) in [6, 6.07) is 9.81. The minimum Gasteiger partial charge on any atom is -0.229 e. The highest BCUT2D eigenvalue weighted by atomic mass is 16.3. The minimum atomic E-state index is -0.616. The molecule has 0 amide bonds. The van der Waals surface area contributed by atoms with E-state index in [0.29, 0.717) is 0 Å². The highest BCUT2D eigenvalue weighted by molar-refractivity contribution is 5.48. The van der Waals surface area contributed by atoms with Crippen molar-refractivity contribution in [3.05, 3.63) is 42.0 Å². The molecule has 0 saturated heterocycles. The normalized spacial score (nSPS) is 13.6. The van der Waals surface area contributed by atoms with Crippen LogP contribution in [0.15, 0.2) is 36.4 Å². The van der Waals surface area contributed by atoms with Crippen LogP contribution < -0.4 is 0 Å². The lowest BCUT2D eigenvalue weighted by Gasteiger charge is -1.91. The Labute approximate surface area is 67.0 Å². The predicted octanol–water partition coefficient (Wildman–Crippen LogP) is 2.52. The molecular formula is C10H11O. The molecule has 1 atom stereocenters. The van der Waals surface area contributed by atoms with Crippen LogP contribution in [-0.2, 0) is 5.11 Å². The number of hydrogen-bond acceptors (Lipinski definition) is 0. The van der Waals surface area contributed by atoms with Crippen molar-refractivity contribution in [1.29, 1.82) is 0 Å². The van der Waals surface area contributed by atoms with Gasteiger partial charge in [-0.15, -0.1) is 0 Å². The molecule has 0 aliphatic heterocycles. The molecule has 0 aromatic heterocycles. The van der Waals surface area contributed by atoms with Gasteiger partial charge in [0.2, 0.25) is 0 Å². The Hall–Kier alpha value is -1.08. The fourth-order valence-corrected chi connectivity index (χ4v) is 0.811. The summed E-state index contributed by atoms with van der Waals surface area (Å²) < 4.78 is 0. The van der Waals surface area contributed by atoms with E-state index in [1.165, 1.54) is 0 Å². The minimum absolute atomic E-state index is 0.616. The van der Waals surface area contributed by atoms with Gasteiger partial charge in [-0.25, -0.2) is 5.11 Å². The zero-order valence-corrected chi connectivity index (χ0v) is 6.53. The highest BCUT2D eigenvalue weighted by Gasteiger charge is 1.87. The molecule has 0 aliphatic rings. The van der Waals surface area contributed by atoms with Gasteiger partial charge in [0.25, 0.3) is 0 Å². The van der Waals surface area contributed by atoms with Gasteiger partial charge in [-0.1, -0.05) is 42.5 Å². The summed E-state index contributed by atoms with van der Waals surface area (Å²) in [6.45, 7) is 1.62. The van der Waals surface area contributed by atoms with Crippen LogP contribution in [0.3, 0.4) is 0 Å². The van der Waals surface area contributed by atoms with Crippen LogP contribution in [0, 0.1) is 0 Å². The third-order valence-corrected chi connectivity index (χ3v) is 1.36. The Morgan fingerprint density at radius 3 is 2.45 bits per heavy atom. The molecular weight excluding hydrogens is 136 g/mol. The molecule has 0 bridgehead atoms. The maximum absolute atomic E-state index is 10.6. The average molecular weight is 147 g/mol. The topological polar surface area (TPSA) is 19.9 Å². The maximum atomic E-state index is 10.6. The molecule has 11 heavy (non-hydrogen) atoms. The Bertz CT molecular complexity index is 224. The largest absolute Gasteiger partial charge is 0.229 e. The first-order valence-corrected chi connectivity index (χ1v) is 3.68. The molecule has 1 radical (unpaired) electrons. The van der Waals surface area contributed by atoms with Gasteiger partial charge in [-0.2, -0.15) is 0 Å². The van der Waals surface area contributed by atoms with Gasteiger partial charge in [0.15, 0.2) is 0 Å². The van der Waals surface area contributed by atoms with Gasteiger partial charge in [-0.05, 0) is 12.5 Å². The maximum Gasteiger partial charge on any atom is 0.109 e. The van der Waals surface area contributed by atoms with Crippen molar-refractivity contribution in [3.63, 3.8) is 0 Å². The van der Waals surface area contributed by atoms with Gasteiger partial charge in [0, 0.05) is 0 Å². The van der Waals surface area contributed by atoms with E-state index in [0.717, 1.165) is 5.56 Å². The van der Waals surface area contributed by atoms with Gasteiger partial charge < -0.3 is 0 Å². The van der Waals surface area contributed by atoms with Crippen LogP contribution in [0.5, 0.6) is 0 Å². The van der Waals surface area contributed by atoms with Crippen LogP contribution >= 0.6 is 0 Å². The molecule has 1 rings (SSSR count). The summed E-state index contributed by atoms with van der Waals surface area (Å²) in [5.74, 6) is 0. The summed E-state index contributed by atoms with van der Waals surface area (Å²) in [7, 11) is 0. The Morgan fingerprint density at radius 1 is 1.27 bits per heavy atom. The molecule has 1 nitrogen and oxygen atoms in total. The van der Waals surface area contributed by atoms with Gasteiger partial charge in [0.1, 0.15) is 6.10 Å². The molecule has 1 aromatic rings. The van der Waals surface area contributed by atoms with E-state index in [2.05, 4.69) is 0 Å². The first-order valence-electron chi connectivity index (χ1n) is 3.68. The highest BCUT2D eigenvalue weighted by Crippen LogP contribution is 2.01. The van der Waals surface area contributed by atoms with Gasteiger partial charge >= 0.3 is 0 Å². The summed E-state index contributed by atoms with van der Waals surface area (Å²) in [5, 5.41) is 10.6. The van der Waals surface area contributed by atoms with E-state index >= 15 is 0 Å². The first kappa shape index (κ1) is 8.02. The summed E-state index contributed by atoms with van der Waals surface area (Å²) >= 11 is 0. The second kappa shape index (κ2) is 3.94. The van der Waals surface area contributed by atoms with E-state index in [1.807, 2.05) is 36.4 Å². The summed E-state index contributed by atoms with van der Waals surface area (Å²) in [6.07, 6.45) is 2.88. The molecule has 0 fully saturated rings. The number of hydrogen-bond donors (Lipinski definition) is 0. The van der Waals surface area contributed by atoms with Crippen molar-refractivity contribution in [2.75, 3.05) is 0 Å². The molecule has 0 spiro atoms. The second-order valence-corrected chi connectivity index (χ2v) is 2.47. The third-order valence-electron chi connectivity index (χ3n) is 1.36. The van der Waals surface area contributed by atoms with Crippen LogP contribution in [0.1, 0.15) is 12.5 Å². The zero-order chi connectivity index (χ0) is 8.10. The molecule has 1 heteroatoms. The first-order chi connectivity index (χ1) is 5.29. The Morgan fingerprint density at radius 2 is 1.91 bits per heavy atom. The lowest BCUT2D eigenvalue weighted by atomic mass is 10.2. The smallest absolute Gasteiger partial charge is 0.109 e. The monoisotopic (exact) mass is 147 g/mol. The van der Waals surface area contributed by atoms with Crippen molar-refractivity contribution in [2.45, 2.75) is 13.0 Å². The SMILES string of the molecule is CC([O])C=Cc1ccccc1. The lowest BCUT2D eigenvalue weighted by Crippen LogP contribution is -1.88. The molecule has 0 N–H and O–H groups in total. The lowest BCUT2D eigenvalue weighted by molar-refractivity contribution is 0.147. The van der Waals surface area contributed by atoms with E-state index < -0.39 is 6.10 Å². The fourth-order valence-electron chi connectivity index (χ4n) is 0.811. The van der Waals surface area contributed by atoms with E-state index in [1.54, 1.807) is 13.0 Å². The zero-order valence-electron chi connectivity index (χ0n) is 6.53. The quantitative estimate of drug-likeness (QED) is 0.612. The van der Waals surface area contributed by atoms with Crippen LogP contribution in [0.2, 0.25) is 0 Å². The molecule has 0 saturated carbocycles. The fraction of sp³-hybridized carbons (Fsp3) is 0.200. The van der Waals surface area contributed by atoms with Gasteiger partial charge in [-0.3, -0.25) is 0 Å². The Kier molecular flexibility index (Phi) is 2.87. The van der Waals surface area contributed by atoms with Crippen LogP contribution in [0.25, 0.3) is 6.08 Å². The van der Waals surface area contributed by atoms with Crippen LogP contribution in [-0.4, -0.2) is 6.10 Å². The number of benzene rings is 1. The van der Waals surface area contributed by atoms with Crippen molar-refractivity contribution in [3.8, 4) is 0 Å². The van der Waals surface area contributed by atoms with Crippen molar-refractivity contribution >= 4 is 6.08 Å². The summed E-state index contributed by atoms with van der Waals surface area (Å²) in [4.78, 5) is 0. The molecule has 57 valence electrons. The Balaban J connectivity index is 2.65. The number of rotatable bonds is 2. The molecule has 1 unspecified atom stereocenters. The predicted molar refractivity (Wildman–Crippen MR) is 45.6 cm³/mol. The second-order valence-electron chi connectivity index (χ2n) is 2.47. The van der Waals surface area contributed by atoms with E-state index in [4.69, 9.17) is 0 Å². The molecule has 0 aliphatic carbocycles. The van der Waals surface area contributed by atoms with Crippen molar-refractivity contribution in [2.24, 2.45) is 0 Å². The van der Waals surface area contributed by atoms with E-state index in [9.17, 15) is 5.11 Å². The third kappa shape index (κ3) is 3.01. The van der Waals surface area contributed by atoms with Gasteiger partial charge in [0.05, 0.1) is 0 Å². The standard InChI is InChI=1S/C10H11O/c1-9(11)7-8-10-5-3-2-4-6-10/h2-9H,1H3.